The second-order valence-electron chi connectivity index (χ2n) is 7.80. The number of rotatable bonds is 4. The van der Waals surface area contributed by atoms with E-state index in [0.29, 0.717) is 17.1 Å². The lowest BCUT2D eigenvalue weighted by molar-refractivity contribution is -0.0306. The highest BCUT2D eigenvalue weighted by atomic mass is 35.5. The minimum atomic E-state index is -0.767. The van der Waals surface area contributed by atoms with E-state index in [1.165, 1.54) is 5.56 Å². The molecule has 0 radical (unpaired) electrons. The number of ether oxygens (including phenoxy) is 1. The van der Waals surface area contributed by atoms with Gasteiger partial charge in [0.05, 0.1) is 11.7 Å². The zero-order valence-corrected chi connectivity index (χ0v) is 16.2. The first-order valence-electron chi connectivity index (χ1n) is 9.90. The van der Waals surface area contributed by atoms with E-state index < -0.39 is 5.60 Å². The first-order valence-corrected chi connectivity index (χ1v) is 10.3. The molecule has 0 spiro atoms. The summed E-state index contributed by atoms with van der Waals surface area (Å²) in [6.07, 6.45) is 9.32. The van der Waals surface area contributed by atoms with Gasteiger partial charge in [0.2, 0.25) is 0 Å². The molecule has 27 heavy (non-hydrogen) atoms. The van der Waals surface area contributed by atoms with Gasteiger partial charge in [-0.05, 0) is 73.9 Å². The molecular formula is C22H27ClN2O2. The molecule has 2 aliphatic rings. The van der Waals surface area contributed by atoms with E-state index in [4.69, 9.17) is 16.3 Å². The van der Waals surface area contributed by atoms with Crippen LogP contribution < -0.4 is 5.32 Å². The minimum Gasteiger partial charge on any atom is -0.385 e. The molecule has 1 aliphatic heterocycles. The zero-order chi connectivity index (χ0) is 18.7. The van der Waals surface area contributed by atoms with E-state index in [1.807, 2.05) is 48.8 Å². The van der Waals surface area contributed by atoms with Crippen LogP contribution in [0.5, 0.6) is 0 Å². The number of hydrogen-bond donors (Lipinski definition) is 2. The first kappa shape index (κ1) is 18.9. The van der Waals surface area contributed by atoms with Crippen LogP contribution in [0.1, 0.15) is 55.8 Å². The summed E-state index contributed by atoms with van der Waals surface area (Å²) in [7, 11) is 0. The van der Waals surface area contributed by atoms with Gasteiger partial charge in [-0.3, -0.25) is 4.98 Å². The quantitative estimate of drug-likeness (QED) is 0.818. The second kappa shape index (κ2) is 8.27. The number of nitrogens with one attached hydrogen (secondary N) is 1. The summed E-state index contributed by atoms with van der Waals surface area (Å²) >= 11 is 6.12. The van der Waals surface area contributed by atoms with Gasteiger partial charge in [0.1, 0.15) is 0 Å². The predicted molar refractivity (Wildman–Crippen MR) is 107 cm³/mol. The maximum absolute atomic E-state index is 11.1. The molecule has 1 saturated heterocycles. The first-order chi connectivity index (χ1) is 13.1. The van der Waals surface area contributed by atoms with Gasteiger partial charge in [0, 0.05) is 36.1 Å². The largest absolute Gasteiger partial charge is 0.385 e. The molecule has 4 rings (SSSR count). The Balaban J connectivity index is 1.39. The molecule has 2 heterocycles. The van der Waals surface area contributed by atoms with Crippen LogP contribution in [0.15, 0.2) is 48.8 Å². The van der Waals surface area contributed by atoms with Crippen LogP contribution in [-0.4, -0.2) is 28.8 Å². The van der Waals surface area contributed by atoms with Gasteiger partial charge < -0.3 is 15.2 Å². The molecule has 2 N–H and O–H groups in total. The Morgan fingerprint density at radius 2 is 1.89 bits per heavy atom. The number of pyridine rings is 1. The molecular weight excluding hydrogens is 360 g/mol. The molecule has 1 aromatic heterocycles. The van der Waals surface area contributed by atoms with Gasteiger partial charge in [-0.25, -0.2) is 0 Å². The number of benzene rings is 1. The highest BCUT2D eigenvalue weighted by Gasteiger charge is 2.37. The van der Waals surface area contributed by atoms with E-state index in [-0.39, 0.29) is 6.10 Å². The van der Waals surface area contributed by atoms with Crippen molar-refractivity contribution in [1.82, 2.24) is 10.3 Å². The van der Waals surface area contributed by atoms with Crippen molar-refractivity contribution in [3.63, 3.8) is 0 Å². The Labute approximate surface area is 165 Å². The van der Waals surface area contributed by atoms with Crippen LogP contribution >= 0.6 is 11.6 Å². The normalized spacial score (nSPS) is 31.6. The van der Waals surface area contributed by atoms with Crippen LogP contribution in [0.2, 0.25) is 5.02 Å². The number of nitrogens with zero attached hydrogens (tertiary/aromatic N) is 1. The summed E-state index contributed by atoms with van der Waals surface area (Å²) in [5.74, 6) is 0. The van der Waals surface area contributed by atoms with Crippen LogP contribution in [0.4, 0.5) is 0 Å². The van der Waals surface area contributed by atoms with Gasteiger partial charge in [-0.2, -0.15) is 0 Å². The summed E-state index contributed by atoms with van der Waals surface area (Å²) in [5.41, 5.74) is 1.36. The van der Waals surface area contributed by atoms with Gasteiger partial charge in [-0.1, -0.05) is 23.7 Å². The lowest BCUT2D eigenvalue weighted by Gasteiger charge is -2.40. The molecule has 5 heteroatoms. The maximum Gasteiger partial charge on any atom is 0.0978 e. The summed E-state index contributed by atoms with van der Waals surface area (Å²) in [5, 5.41) is 15.6. The predicted octanol–water partition coefficient (Wildman–Crippen LogP) is 4.38. The molecule has 144 valence electrons. The fraction of sp³-hybridized carbons (Fsp3) is 0.500. The van der Waals surface area contributed by atoms with Crippen LogP contribution in [0.25, 0.3) is 0 Å². The maximum atomic E-state index is 11.1. The van der Waals surface area contributed by atoms with E-state index >= 15 is 0 Å². The molecule has 2 atom stereocenters. The molecule has 0 amide bonds. The average Bonchev–Trinajstić information content (AvgIpc) is 2.71. The molecule has 1 aliphatic carbocycles. The van der Waals surface area contributed by atoms with Crippen molar-refractivity contribution in [3.05, 3.63) is 64.9 Å². The molecule has 2 fully saturated rings. The highest BCUT2D eigenvalue weighted by Crippen LogP contribution is 2.39. The standard InChI is InChI=1S/C22H27ClN2O2/c23-18-4-1-3-17(15-18)22(26)10-6-19(7-11-22)25-20-5-2-14-27-21(20)16-8-12-24-13-9-16/h1,3-4,8-9,12-13,15,19-21,25-26H,2,5-7,10-11,14H2/t19?,20-,21+,22?/m0/s1. The molecule has 0 bridgehead atoms. The van der Waals surface area contributed by atoms with E-state index in [0.717, 1.165) is 50.7 Å². The Morgan fingerprint density at radius 3 is 2.63 bits per heavy atom. The third-order valence-corrected chi connectivity index (χ3v) is 6.22. The highest BCUT2D eigenvalue weighted by molar-refractivity contribution is 6.30. The van der Waals surface area contributed by atoms with Crippen molar-refractivity contribution in [2.24, 2.45) is 0 Å². The third kappa shape index (κ3) is 4.35. The fourth-order valence-electron chi connectivity index (χ4n) is 4.46. The van der Waals surface area contributed by atoms with Gasteiger partial charge in [0.25, 0.3) is 0 Å². The van der Waals surface area contributed by atoms with E-state index in [9.17, 15) is 5.11 Å². The number of aliphatic hydroxyl groups is 1. The van der Waals surface area contributed by atoms with Crippen molar-refractivity contribution in [2.45, 2.75) is 62.3 Å². The Bertz CT molecular complexity index is 747. The Kier molecular flexibility index (Phi) is 5.79. The number of hydrogen-bond acceptors (Lipinski definition) is 4. The summed E-state index contributed by atoms with van der Waals surface area (Å²) < 4.78 is 6.09. The van der Waals surface area contributed by atoms with Crippen molar-refractivity contribution in [2.75, 3.05) is 6.61 Å². The number of aromatic nitrogens is 1. The summed E-state index contributed by atoms with van der Waals surface area (Å²) in [6, 6.07) is 12.4. The lowest BCUT2D eigenvalue weighted by atomic mass is 9.77. The average molecular weight is 387 g/mol. The van der Waals surface area contributed by atoms with Crippen molar-refractivity contribution in [1.29, 1.82) is 0 Å². The van der Waals surface area contributed by atoms with Crippen molar-refractivity contribution in [3.8, 4) is 0 Å². The zero-order valence-electron chi connectivity index (χ0n) is 15.5. The smallest absolute Gasteiger partial charge is 0.0978 e. The molecule has 4 nitrogen and oxygen atoms in total. The fourth-order valence-corrected chi connectivity index (χ4v) is 4.66. The lowest BCUT2D eigenvalue weighted by Crippen LogP contribution is -2.48. The van der Waals surface area contributed by atoms with E-state index in [1.54, 1.807) is 0 Å². The van der Waals surface area contributed by atoms with Crippen LogP contribution in [0.3, 0.4) is 0 Å². The van der Waals surface area contributed by atoms with Gasteiger partial charge in [-0.15, -0.1) is 0 Å². The molecule has 1 saturated carbocycles. The van der Waals surface area contributed by atoms with Crippen LogP contribution in [-0.2, 0) is 10.3 Å². The van der Waals surface area contributed by atoms with Gasteiger partial charge in [0.15, 0.2) is 0 Å². The topological polar surface area (TPSA) is 54.4 Å². The van der Waals surface area contributed by atoms with E-state index in [2.05, 4.69) is 10.3 Å². The SMILES string of the molecule is OC1(c2cccc(Cl)c2)CCC(N[C@H]2CCCO[C@@H]2c2ccncc2)CC1. The molecule has 2 aromatic rings. The third-order valence-electron chi connectivity index (χ3n) is 5.98. The van der Waals surface area contributed by atoms with Crippen LogP contribution in [0, 0.1) is 0 Å². The summed E-state index contributed by atoms with van der Waals surface area (Å²) in [6.45, 7) is 0.810. The molecule has 0 unspecified atom stereocenters. The monoisotopic (exact) mass is 386 g/mol. The Morgan fingerprint density at radius 1 is 1.11 bits per heavy atom. The van der Waals surface area contributed by atoms with Gasteiger partial charge >= 0.3 is 0 Å². The van der Waals surface area contributed by atoms with Crippen molar-refractivity contribution >= 4 is 11.6 Å². The minimum absolute atomic E-state index is 0.0792. The number of halogens is 1. The van der Waals surface area contributed by atoms with Crippen molar-refractivity contribution < 1.29 is 9.84 Å². The Hall–Kier alpha value is -1.46. The summed E-state index contributed by atoms with van der Waals surface area (Å²) in [4.78, 5) is 4.12. The second-order valence-corrected chi connectivity index (χ2v) is 8.24. The molecule has 1 aromatic carbocycles.